The second kappa shape index (κ2) is 6.35. The highest BCUT2D eigenvalue weighted by atomic mass is 32.1. The van der Waals surface area contributed by atoms with E-state index in [4.69, 9.17) is 0 Å². The predicted octanol–water partition coefficient (Wildman–Crippen LogP) is 1.90. The summed E-state index contributed by atoms with van der Waals surface area (Å²) in [6, 6.07) is 7.44. The van der Waals surface area contributed by atoms with E-state index in [0.717, 1.165) is 16.3 Å². The molecular weight excluding hydrogens is 314 g/mol. The van der Waals surface area contributed by atoms with Gasteiger partial charge in [-0.2, -0.15) is 10.2 Å². The van der Waals surface area contributed by atoms with Gasteiger partial charge in [0, 0.05) is 13.1 Å². The average molecular weight is 331 g/mol. The highest BCUT2D eigenvalue weighted by molar-refractivity contribution is 7.13. The molecule has 3 rings (SSSR count). The molecule has 0 radical (unpaired) electrons. The van der Waals surface area contributed by atoms with Gasteiger partial charge in [-0.05, 0) is 24.4 Å². The van der Waals surface area contributed by atoms with Crippen molar-refractivity contribution >= 4 is 23.1 Å². The highest BCUT2D eigenvalue weighted by Crippen LogP contribution is 2.26. The Morgan fingerprint density at radius 1 is 1.39 bits per heavy atom. The smallest absolute Gasteiger partial charge is 0.275 e. The van der Waals surface area contributed by atoms with Crippen LogP contribution in [0, 0.1) is 6.92 Å². The molecule has 3 aromatic rings. The second-order valence-corrected chi connectivity index (χ2v) is 6.04. The fourth-order valence-corrected chi connectivity index (χ4v) is 3.01. The zero-order chi connectivity index (χ0) is 16.4. The lowest BCUT2D eigenvalue weighted by molar-refractivity contribution is 0.101. The topological polar surface area (TPSA) is 85.0 Å². The lowest BCUT2D eigenvalue weighted by atomic mass is 10.3. The molecule has 0 aromatic carbocycles. The van der Waals surface area contributed by atoms with Crippen molar-refractivity contribution in [3.63, 3.8) is 0 Å². The van der Waals surface area contributed by atoms with Gasteiger partial charge in [-0.1, -0.05) is 6.07 Å². The zero-order valence-electron chi connectivity index (χ0n) is 12.9. The van der Waals surface area contributed by atoms with Gasteiger partial charge in [0.2, 0.25) is 0 Å². The molecule has 0 saturated carbocycles. The van der Waals surface area contributed by atoms with Crippen molar-refractivity contribution < 1.29 is 9.90 Å². The Bertz CT molecular complexity index is 819. The molecule has 23 heavy (non-hydrogen) atoms. The van der Waals surface area contributed by atoms with Gasteiger partial charge in [0.05, 0.1) is 23.7 Å². The number of carbonyl (C=O) groups is 1. The molecule has 1 amide bonds. The first-order valence-electron chi connectivity index (χ1n) is 7.13. The van der Waals surface area contributed by atoms with Crippen LogP contribution in [-0.2, 0) is 13.6 Å². The van der Waals surface area contributed by atoms with Gasteiger partial charge in [-0.25, -0.2) is 4.68 Å². The van der Waals surface area contributed by atoms with Crippen LogP contribution >= 0.6 is 11.3 Å². The van der Waals surface area contributed by atoms with Crippen molar-refractivity contribution in [2.45, 2.75) is 13.5 Å². The first kappa shape index (κ1) is 15.4. The summed E-state index contributed by atoms with van der Waals surface area (Å²) in [7, 11) is 1.73. The van der Waals surface area contributed by atoms with E-state index in [1.807, 2.05) is 30.5 Å². The van der Waals surface area contributed by atoms with Crippen molar-refractivity contribution in [1.29, 1.82) is 0 Å². The number of rotatable bonds is 5. The van der Waals surface area contributed by atoms with E-state index >= 15 is 0 Å². The summed E-state index contributed by atoms with van der Waals surface area (Å²) in [4.78, 5) is 13.4. The summed E-state index contributed by atoms with van der Waals surface area (Å²) in [5.41, 5.74) is 2.02. The summed E-state index contributed by atoms with van der Waals surface area (Å²) >= 11 is 1.57. The summed E-state index contributed by atoms with van der Waals surface area (Å²) in [6.07, 6.45) is 0. The van der Waals surface area contributed by atoms with Gasteiger partial charge in [0.25, 0.3) is 5.91 Å². The number of aryl methyl sites for hydroxylation is 2. The van der Waals surface area contributed by atoms with E-state index in [-0.39, 0.29) is 12.5 Å². The minimum atomic E-state index is -0.259. The normalized spacial score (nSPS) is 10.9. The SMILES string of the molecule is Cc1cc(C(=O)Nc2cc(-c3cccs3)nn2CCO)n(C)n1. The third-order valence-electron chi connectivity index (χ3n) is 3.34. The van der Waals surface area contributed by atoms with Gasteiger partial charge in [-0.15, -0.1) is 11.3 Å². The highest BCUT2D eigenvalue weighted by Gasteiger charge is 2.16. The van der Waals surface area contributed by atoms with E-state index in [0.29, 0.717) is 18.1 Å². The third-order valence-corrected chi connectivity index (χ3v) is 4.23. The monoisotopic (exact) mass is 331 g/mol. The first-order chi connectivity index (χ1) is 11.1. The number of amides is 1. The molecule has 0 spiro atoms. The molecule has 7 nitrogen and oxygen atoms in total. The molecule has 0 aliphatic carbocycles. The maximum absolute atomic E-state index is 12.4. The summed E-state index contributed by atoms with van der Waals surface area (Å²) in [5, 5.41) is 22.6. The molecule has 0 saturated heterocycles. The van der Waals surface area contributed by atoms with E-state index < -0.39 is 0 Å². The maximum atomic E-state index is 12.4. The van der Waals surface area contributed by atoms with E-state index in [1.165, 1.54) is 4.68 Å². The molecule has 8 heteroatoms. The molecule has 3 aromatic heterocycles. The predicted molar refractivity (Wildman–Crippen MR) is 88.5 cm³/mol. The summed E-state index contributed by atoms with van der Waals surface area (Å²) in [6.45, 7) is 2.09. The standard InChI is InChI=1S/C15H17N5O2S/c1-10-8-12(19(2)17-10)15(22)16-14-9-11(13-4-3-7-23-13)18-20(14)5-6-21/h3-4,7-9,21H,5-6H2,1-2H3,(H,16,22). The quantitative estimate of drug-likeness (QED) is 0.748. The summed E-state index contributed by atoms with van der Waals surface area (Å²) < 4.78 is 3.13. The van der Waals surface area contributed by atoms with Crippen molar-refractivity contribution in [3.8, 4) is 10.6 Å². The lowest BCUT2D eigenvalue weighted by Gasteiger charge is -2.07. The fourth-order valence-electron chi connectivity index (χ4n) is 2.33. The fraction of sp³-hybridized carbons (Fsp3) is 0.267. The van der Waals surface area contributed by atoms with Crippen molar-refractivity contribution in [3.05, 3.63) is 41.0 Å². The molecule has 3 heterocycles. The third kappa shape index (κ3) is 3.17. The molecule has 0 atom stereocenters. The Hall–Kier alpha value is -2.45. The molecule has 0 fully saturated rings. The Morgan fingerprint density at radius 2 is 2.22 bits per heavy atom. The minimum absolute atomic E-state index is 0.0563. The number of hydrogen-bond donors (Lipinski definition) is 2. The van der Waals surface area contributed by atoms with Crippen LogP contribution in [0.5, 0.6) is 0 Å². The van der Waals surface area contributed by atoms with Gasteiger partial charge >= 0.3 is 0 Å². The van der Waals surface area contributed by atoms with E-state index in [9.17, 15) is 9.90 Å². The largest absolute Gasteiger partial charge is 0.394 e. The number of nitrogens with one attached hydrogen (secondary N) is 1. The number of nitrogens with zero attached hydrogens (tertiary/aromatic N) is 4. The van der Waals surface area contributed by atoms with E-state index in [2.05, 4.69) is 15.5 Å². The number of anilines is 1. The Morgan fingerprint density at radius 3 is 2.83 bits per heavy atom. The molecule has 0 aliphatic rings. The Balaban J connectivity index is 1.89. The molecule has 120 valence electrons. The Kier molecular flexibility index (Phi) is 4.26. The van der Waals surface area contributed by atoms with Crippen LogP contribution in [0.25, 0.3) is 10.6 Å². The number of aliphatic hydroxyl groups excluding tert-OH is 1. The molecule has 0 aliphatic heterocycles. The number of aromatic nitrogens is 4. The van der Waals surface area contributed by atoms with Crippen LogP contribution < -0.4 is 5.32 Å². The first-order valence-corrected chi connectivity index (χ1v) is 8.01. The van der Waals surface area contributed by atoms with Gasteiger partial charge in [-0.3, -0.25) is 9.48 Å². The minimum Gasteiger partial charge on any atom is -0.394 e. The van der Waals surface area contributed by atoms with Gasteiger partial charge in [0.15, 0.2) is 0 Å². The molecule has 0 bridgehead atoms. The Labute approximate surface area is 137 Å². The molecule has 0 unspecified atom stereocenters. The van der Waals surface area contributed by atoms with Crippen LogP contribution in [0.1, 0.15) is 16.2 Å². The molecule has 2 N–H and O–H groups in total. The van der Waals surface area contributed by atoms with Crippen LogP contribution in [0.3, 0.4) is 0 Å². The van der Waals surface area contributed by atoms with Crippen LogP contribution in [-0.4, -0.2) is 37.2 Å². The second-order valence-electron chi connectivity index (χ2n) is 5.09. The van der Waals surface area contributed by atoms with Crippen molar-refractivity contribution in [1.82, 2.24) is 19.6 Å². The van der Waals surface area contributed by atoms with Crippen LogP contribution in [0.4, 0.5) is 5.82 Å². The van der Waals surface area contributed by atoms with Crippen LogP contribution in [0.15, 0.2) is 29.6 Å². The average Bonchev–Trinajstić information content (AvgIpc) is 3.20. The van der Waals surface area contributed by atoms with Crippen LogP contribution in [0.2, 0.25) is 0 Å². The summed E-state index contributed by atoms with van der Waals surface area (Å²) in [5.74, 6) is 0.288. The number of thiophene rings is 1. The zero-order valence-corrected chi connectivity index (χ0v) is 13.7. The van der Waals surface area contributed by atoms with Gasteiger partial charge in [0.1, 0.15) is 17.2 Å². The lowest BCUT2D eigenvalue weighted by Crippen LogP contribution is -2.19. The van der Waals surface area contributed by atoms with E-state index in [1.54, 1.807) is 29.1 Å². The van der Waals surface area contributed by atoms with Crippen molar-refractivity contribution in [2.24, 2.45) is 7.05 Å². The van der Waals surface area contributed by atoms with Crippen molar-refractivity contribution in [2.75, 3.05) is 11.9 Å². The number of carbonyl (C=O) groups excluding carboxylic acids is 1. The van der Waals surface area contributed by atoms with Gasteiger partial charge < -0.3 is 10.4 Å². The maximum Gasteiger partial charge on any atom is 0.275 e. The number of aliphatic hydroxyl groups is 1. The number of hydrogen-bond acceptors (Lipinski definition) is 5. The molecular formula is C15H17N5O2S.